The molecule has 16 heavy (non-hydrogen) atoms. The molecule has 0 amide bonds. The topological polar surface area (TPSA) is 21.3 Å². The molecule has 0 radical (unpaired) electrons. The average molecular weight is 237 g/mol. The van der Waals surface area contributed by atoms with Gasteiger partial charge in [-0.05, 0) is 48.7 Å². The van der Waals surface area contributed by atoms with Crippen LogP contribution in [0, 0.1) is 0 Å². The molecule has 1 N–H and O–H groups in total. The zero-order chi connectivity index (χ0) is 11.2. The molecule has 1 atom stereocenters. The van der Waals surface area contributed by atoms with Crippen molar-refractivity contribution in [2.75, 3.05) is 19.8 Å². The average Bonchev–Trinajstić information content (AvgIpc) is 2.84. The molecule has 1 aromatic rings. The maximum absolute atomic E-state index is 5.29. The maximum atomic E-state index is 5.29. The van der Waals surface area contributed by atoms with Gasteiger partial charge in [-0.2, -0.15) is 11.3 Å². The van der Waals surface area contributed by atoms with E-state index in [9.17, 15) is 0 Å². The molecule has 1 unspecified atom stereocenters. The van der Waals surface area contributed by atoms with Crippen molar-refractivity contribution < 1.29 is 4.74 Å². The fraction of sp³-hybridized carbons (Fsp3) is 0.538. The van der Waals surface area contributed by atoms with E-state index in [0.717, 1.165) is 32.6 Å². The van der Waals surface area contributed by atoms with E-state index in [1.165, 1.54) is 11.1 Å². The minimum absolute atomic E-state index is 0.465. The number of nitrogens with one attached hydrogen (secondary N) is 1. The molecule has 1 aromatic heterocycles. The Hall–Kier alpha value is -0.640. The molecule has 2 rings (SSSR count). The molecule has 1 aliphatic heterocycles. The van der Waals surface area contributed by atoms with Gasteiger partial charge in [0.2, 0.25) is 0 Å². The van der Waals surface area contributed by atoms with Crippen LogP contribution in [0.5, 0.6) is 0 Å². The van der Waals surface area contributed by atoms with Gasteiger partial charge >= 0.3 is 0 Å². The molecule has 1 aliphatic rings. The monoisotopic (exact) mass is 237 g/mol. The summed E-state index contributed by atoms with van der Waals surface area (Å²) in [6, 6.07) is 2.66. The van der Waals surface area contributed by atoms with E-state index in [1.807, 2.05) is 0 Å². The predicted molar refractivity (Wildman–Crippen MR) is 68.9 cm³/mol. The molecular formula is C13H19NOS. The summed E-state index contributed by atoms with van der Waals surface area (Å²) in [6.07, 6.45) is 4.48. The number of hydrogen-bond donors (Lipinski definition) is 1. The van der Waals surface area contributed by atoms with Crippen LogP contribution in [0.15, 0.2) is 28.5 Å². The minimum Gasteiger partial charge on any atom is -0.377 e. The maximum Gasteiger partial charge on any atom is 0.0650 e. The highest BCUT2D eigenvalue weighted by molar-refractivity contribution is 7.07. The van der Waals surface area contributed by atoms with E-state index >= 15 is 0 Å². The molecular weight excluding hydrogens is 218 g/mol. The van der Waals surface area contributed by atoms with Crippen molar-refractivity contribution in [3.05, 3.63) is 34.0 Å². The predicted octanol–water partition coefficient (Wildman–Crippen LogP) is 3.14. The van der Waals surface area contributed by atoms with Gasteiger partial charge < -0.3 is 10.1 Å². The van der Waals surface area contributed by atoms with Crippen LogP contribution in [-0.4, -0.2) is 19.8 Å². The number of rotatable bonds is 5. The van der Waals surface area contributed by atoms with Crippen molar-refractivity contribution in [2.24, 2.45) is 0 Å². The molecule has 3 heteroatoms. The van der Waals surface area contributed by atoms with Crippen LogP contribution < -0.4 is 5.32 Å². The first-order valence-electron chi connectivity index (χ1n) is 5.87. The minimum atomic E-state index is 0.465. The van der Waals surface area contributed by atoms with Gasteiger partial charge in [0.15, 0.2) is 0 Å². The fourth-order valence-corrected chi connectivity index (χ4v) is 2.64. The first-order valence-corrected chi connectivity index (χ1v) is 6.81. The Morgan fingerprint density at radius 1 is 1.56 bits per heavy atom. The lowest BCUT2D eigenvalue weighted by atomic mass is 10.1. The second kappa shape index (κ2) is 6.18. The SMILES string of the molecule is CC(NCCC1=CCOCC1)c1ccsc1. The Morgan fingerprint density at radius 2 is 2.50 bits per heavy atom. The standard InChI is InChI=1S/C13H19NOS/c1-11(13-5-9-16-10-13)14-6-2-12-3-7-15-8-4-12/h3,5,9-11,14H,2,4,6-8H2,1H3. The van der Waals surface area contributed by atoms with E-state index in [1.54, 1.807) is 11.3 Å². The normalized spacial score (nSPS) is 18.2. The Bertz CT molecular complexity index is 332. The van der Waals surface area contributed by atoms with Crippen LogP contribution in [0.4, 0.5) is 0 Å². The molecule has 0 fully saturated rings. The summed E-state index contributed by atoms with van der Waals surface area (Å²) in [5.74, 6) is 0. The second-order valence-electron chi connectivity index (χ2n) is 4.17. The largest absolute Gasteiger partial charge is 0.377 e. The van der Waals surface area contributed by atoms with Gasteiger partial charge in [-0.3, -0.25) is 0 Å². The number of hydrogen-bond acceptors (Lipinski definition) is 3. The van der Waals surface area contributed by atoms with Crippen molar-refractivity contribution in [1.82, 2.24) is 5.32 Å². The highest BCUT2D eigenvalue weighted by Crippen LogP contribution is 2.16. The van der Waals surface area contributed by atoms with E-state index in [4.69, 9.17) is 4.74 Å². The molecule has 0 aromatic carbocycles. The third-order valence-corrected chi connectivity index (χ3v) is 3.70. The van der Waals surface area contributed by atoms with Gasteiger partial charge in [0.05, 0.1) is 13.2 Å². The van der Waals surface area contributed by atoms with E-state index < -0.39 is 0 Å². The summed E-state index contributed by atoms with van der Waals surface area (Å²) < 4.78 is 5.29. The lowest BCUT2D eigenvalue weighted by Crippen LogP contribution is -2.20. The Labute approximate surface area is 101 Å². The highest BCUT2D eigenvalue weighted by Gasteiger charge is 2.06. The van der Waals surface area contributed by atoms with Crippen molar-refractivity contribution in [3.63, 3.8) is 0 Å². The summed E-state index contributed by atoms with van der Waals surface area (Å²) in [5.41, 5.74) is 2.93. The third-order valence-electron chi connectivity index (χ3n) is 3.00. The molecule has 2 heterocycles. The van der Waals surface area contributed by atoms with Crippen LogP contribution in [-0.2, 0) is 4.74 Å². The molecule has 0 bridgehead atoms. The van der Waals surface area contributed by atoms with Crippen molar-refractivity contribution in [1.29, 1.82) is 0 Å². The fourth-order valence-electron chi connectivity index (χ4n) is 1.88. The smallest absolute Gasteiger partial charge is 0.0650 e. The van der Waals surface area contributed by atoms with Crippen LogP contribution in [0.2, 0.25) is 0 Å². The molecule has 2 nitrogen and oxygen atoms in total. The number of ether oxygens (including phenoxy) is 1. The summed E-state index contributed by atoms with van der Waals surface area (Å²) >= 11 is 1.76. The Morgan fingerprint density at radius 3 is 3.19 bits per heavy atom. The Kier molecular flexibility index (Phi) is 4.57. The van der Waals surface area contributed by atoms with Gasteiger partial charge in [-0.25, -0.2) is 0 Å². The van der Waals surface area contributed by atoms with Gasteiger partial charge in [-0.1, -0.05) is 11.6 Å². The Balaban J connectivity index is 1.69. The first-order chi connectivity index (χ1) is 7.86. The molecule has 0 saturated heterocycles. The number of thiophene rings is 1. The van der Waals surface area contributed by atoms with E-state index in [-0.39, 0.29) is 0 Å². The molecule has 88 valence electrons. The van der Waals surface area contributed by atoms with Gasteiger partial charge in [0, 0.05) is 6.04 Å². The van der Waals surface area contributed by atoms with Crippen molar-refractivity contribution in [3.8, 4) is 0 Å². The molecule has 0 aliphatic carbocycles. The van der Waals surface area contributed by atoms with Crippen LogP contribution in [0.25, 0.3) is 0 Å². The van der Waals surface area contributed by atoms with E-state index in [0.29, 0.717) is 6.04 Å². The first kappa shape index (κ1) is 11.8. The van der Waals surface area contributed by atoms with Crippen LogP contribution in [0.1, 0.15) is 31.4 Å². The third kappa shape index (κ3) is 3.44. The van der Waals surface area contributed by atoms with Crippen molar-refractivity contribution in [2.45, 2.75) is 25.8 Å². The zero-order valence-electron chi connectivity index (χ0n) is 9.74. The zero-order valence-corrected chi connectivity index (χ0v) is 10.6. The summed E-state index contributed by atoms with van der Waals surface area (Å²) in [5, 5.41) is 7.90. The second-order valence-corrected chi connectivity index (χ2v) is 4.95. The quantitative estimate of drug-likeness (QED) is 0.794. The van der Waals surface area contributed by atoms with Gasteiger partial charge in [0.25, 0.3) is 0 Å². The van der Waals surface area contributed by atoms with Crippen LogP contribution in [0.3, 0.4) is 0 Å². The van der Waals surface area contributed by atoms with Gasteiger partial charge in [-0.15, -0.1) is 0 Å². The molecule has 0 spiro atoms. The van der Waals surface area contributed by atoms with E-state index in [2.05, 4.69) is 35.1 Å². The van der Waals surface area contributed by atoms with Gasteiger partial charge in [0.1, 0.15) is 0 Å². The lowest BCUT2D eigenvalue weighted by molar-refractivity contribution is 0.153. The summed E-state index contributed by atoms with van der Waals surface area (Å²) in [6.45, 7) is 4.98. The van der Waals surface area contributed by atoms with Crippen molar-refractivity contribution >= 4 is 11.3 Å². The summed E-state index contributed by atoms with van der Waals surface area (Å²) in [4.78, 5) is 0. The molecule has 0 saturated carbocycles. The van der Waals surface area contributed by atoms with Crippen LogP contribution >= 0.6 is 11.3 Å². The highest BCUT2D eigenvalue weighted by atomic mass is 32.1. The summed E-state index contributed by atoms with van der Waals surface area (Å²) in [7, 11) is 0. The lowest BCUT2D eigenvalue weighted by Gasteiger charge is -2.16.